The average Bonchev–Trinajstić information content (AvgIpc) is 3.20. The topological polar surface area (TPSA) is 63.4 Å². The number of allylic oxidation sites excluding steroid dienone is 10. The minimum Gasteiger partial charge on any atom is -0.368 e. The normalized spacial score (nSPS) is 17.8. The Morgan fingerprint density at radius 2 is 1.41 bits per heavy atom. The highest BCUT2D eigenvalue weighted by Crippen LogP contribution is 2.17. The van der Waals surface area contributed by atoms with E-state index in [1.165, 1.54) is 0 Å². The third-order valence-corrected chi connectivity index (χ3v) is 4.63. The van der Waals surface area contributed by atoms with E-state index in [-0.39, 0.29) is 5.91 Å². The van der Waals surface area contributed by atoms with Gasteiger partial charge in [-0.25, -0.2) is 0 Å². The summed E-state index contributed by atoms with van der Waals surface area (Å²) in [5, 5.41) is 0. The first-order valence-electron chi connectivity index (χ1n) is 10.8. The molecule has 4 nitrogen and oxygen atoms in total. The SMILES string of the molecule is CC/C=C\C/C=C\C/C=C\C/C=C\C/C=C\CCCC(=O)N1CC[CH][C@H]1C(N)=O. The number of amides is 2. The minimum absolute atomic E-state index is 0.0231. The molecule has 1 atom stereocenters. The highest BCUT2D eigenvalue weighted by molar-refractivity contribution is 5.88. The average molecular weight is 398 g/mol. The lowest BCUT2D eigenvalue weighted by Gasteiger charge is -2.21. The Balaban J connectivity index is 2.03. The van der Waals surface area contributed by atoms with Crippen LogP contribution in [-0.4, -0.2) is 29.3 Å². The number of carbonyl (C=O) groups excluding carboxylic acids is 2. The van der Waals surface area contributed by atoms with Gasteiger partial charge >= 0.3 is 0 Å². The van der Waals surface area contributed by atoms with Gasteiger partial charge < -0.3 is 10.6 Å². The number of hydrogen-bond acceptors (Lipinski definition) is 2. The molecule has 0 spiro atoms. The van der Waals surface area contributed by atoms with Crippen molar-refractivity contribution in [2.75, 3.05) is 6.54 Å². The van der Waals surface area contributed by atoms with Crippen LogP contribution in [0.1, 0.15) is 64.7 Å². The zero-order chi connectivity index (χ0) is 21.2. The molecule has 0 saturated carbocycles. The van der Waals surface area contributed by atoms with E-state index in [1.54, 1.807) is 4.90 Å². The van der Waals surface area contributed by atoms with Crippen LogP contribution in [0.5, 0.6) is 0 Å². The highest BCUT2D eigenvalue weighted by atomic mass is 16.2. The Kier molecular flexibility index (Phi) is 14.1. The van der Waals surface area contributed by atoms with Crippen LogP contribution in [0.25, 0.3) is 0 Å². The molecule has 0 bridgehead atoms. The van der Waals surface area contributed by atoms with E-state index in [0.717, 1.165) is 51.4 Å². The summed E-state index contributed by atoms with van der Waals surface area (Å²) in [5.74, 6) is -0.413. The van der Waals surface area contributed by atoms with E-state index in [0.29, 0.717) is 13.0 Å². The number of carbonyl (C=O) groups is 2. The molecule has 0 aromatic rings. The predicted octanol–water partition coefficient (Wildman–Crippen LogP) is 5.20. The lowest BCUT2D eigenvalue weighted by molar-refractivity contribution is -0.136. The van der Waals surface area contributed by atoms with Gasteiger partial charge in [-0.3, -0.25) is 9.59 Å². The standard InChI is InChI=1S/C25H37N2O2/c1-2-3-4-5-6-7-8-9-10-11-12-13-14-15-16-17-18-21-24(28)27-22-19-20-23(27)25(26)29/h3-4,6-7,9-10,12-13,15-16,20,23H,2,5,8,11,14,17-19,21-22H2,1H3,(H2,26,29)/b4-3-,7-6-,10-9-,13-12-,16-15-/t23-/m0/s1. The van der Waals surface area contributed by atoms with Crippen LogP contribution >= 0.6 is 0 Å². The molecule has 0 aromatic carbocycles. The number of nitrogens with two attached hydrogens (primary N) is 1. The number of hydrogen-bond donors (Lipinski definition) is 1. The van der Waals surface area contributed by atoms with Gasteiger partial charge in [-0.05, 0) is 57.8 Å². The third-order valence-electron chi connectivity index (χ3n) is 4.63. The number of unbranched alkanes of at least 4 members (excludes halogenated alkanes) is 1. The summed E-state index contributed by atoms with van der Waals surface area (Å²) in [4.78, 5) is 25.1. The number of primary amides is 1. The summed E-state index contributed by atoms with van der Waals surface area (Å²) >= 11 is 0. The van der Waals surface area contributed by atoms with Gasteiger partial charge in [0.05, 0.1) is 0 Å². The van der Waals surface area contributed by atoms with Crippen LogP contribution in [0.3, 0.4) is 0 Å². The third kappa shape index (κ3) is 11.9. The summed E-state index contributed by atoms with van der Waals surface area (Å²) in [6, 6.07) is -0.517. The summed E-state index contributed by atoms with van der Waals surface area (Å²) in [5.41, 5.74) is 5.33. The molecule has 1 aliphatic heterocycles. The van der Waals surface area contributed by atoms with Crippen LogP contribution in [0.15, 0.2) is 60.8 Å². The second-order valence-corrected chi connectivity index (χ2v) is 7.06. The Labute approximate surface area is 176 Å². The maximum absolute atomic E-state index is 12.2. The molecule has 1 radical (unpaired) electrons. The zero-order valence-corrected chi connectivity index (χ0v) is 17.8. The molecule has 1 aliphatic rings. The summed E-state index contributed by atoms with van der Waals surface area (Å²) < 4.78 is 0. The fourth-order valence-electron chi connectivity index (χ4n) is 3.07. The van der Waals surface area contributed by atoms with Gasteiger partial charge in [0.25, 0.3) is 0 Å². The molecular formula is C25H37N2O2. The van der Waals surface area contributed by atoms with E-state index in [2.05, 4.69) is 67.7 Å². The molecule has 2 N–H and O–H groups in total. The lowest BCUT2D eigenvalue weighted by Crippen LogP contribution is -2.43. The van der Waals surface area contributed by atoms with Crippen LogP contribution in [0.2, 0.25) is 0 Å². The van der Waals surface area contributed by atoms with Crippen molar-refractivity contribution in [2.45, 2.75) is 70.8 Å². The van der Waals surface area contributed by atoms with Crippen LogP contribution in [0.4, 0.5) is 0 Å². The van der Waals surface area contributed by atoms with Crippen molar-refractivity contribution in [1.82, 2.24) is 4.90 Å². The molecule has 1 fully saturated rings. The summed E-state index contributed by atoms with van der Waals surface area (Å²) in [6.45, 7) is 2.75. The van der Waals surface area contributed by atoms with Crippen molar-refractivity contribution in [2.24, 2.45) is 5.73 Å². The maximum atomic E-state index is 12.2. The Bertz CT molecular complexity index is 614. The second kappa shape index (κ2) is 16.6. The lowest BCUT2D eigenvalue weighted by atomic mass is 10.1. The molecule has 29 heavy (non-hydrogen) atoms. The van der Waals surface area contributed by atoms with Crippen LogP contribution in [-0.2, 0) is 9.59 Å². The monoisotopic (exact) mass is 397 g/mol. The molecule has 0 aromatic heterocycles. The molecule has 4 heteroatoms. The smallest absolute Gasteiger partial charge is 0.240 e. The predicted molar refractivity (Wildman–Crippen MR) is 122 cm³/mol. The second-order valence-electron chi connectivity index (χ2n) is 7.06. The highest BCUT2D eigenvalue weighted by Gasteiger charge is 2.32. The summed E-state index contributed by atoms with van der Waals surface area (Å²) in [6.07, 6.45) is 31.4. The van der Waals surface area contributed by atoms with Gasteiger partial charge in [-0.2, -0.15) is 0 Å². The van der Waals surface area contributed by atoms with Crippen LogP contribution in [0, 0.1) is 6.42 Å². The fraction of sp³-hybridized carbons (Fsp3) is 0.480. The first-order valence-corrected chi connectivity index (χ1v) is 10.8. The van der Waals surface area contributed by atoms with Crippen molar-refractivity contribution in [3.8, 4) is 0 Å². The van der Waals surface area contributed by atoms with E-state index >= 15 is 0 Å². The van der Waals surface area contributed by atoms with E-state index in [9.17, 15) is 9.59 Å². The largest absolute Gasteiger partial charge is 0.368 e. The van der Waals surface area contributed by atoms with Crippen molar-refractivity contribution < 1.29 is 9.59 Å². The molecule has 159 valence electrons. The van der Waals surface area contributed by atoms with Crippen molar-refractivity contribution in [3.05, 3.63) is 67.2 Å². The minimum atomic E-state index is -0.517. The van der Waals surface area contributed by atoms with E-state index in [4.69, 9.17) is 5.73 Å². The van der Waals surface area contributed by atoms with E-state index < -0.39 is 11.9 Å². The van der Waals surface area contributed by atoms with Crippen molar-refractivity contribution in [3.63, 3.8) is 0 Å². The first kappa shape index (κ1) is 24.7. The molecule has 0 aliphatic carbocycles. The molecule has 1 heterocycles. The van der Waals surface area contributed by atoms with Gasteiger partial charge in [0.2, 0.25) is 11.8 Å². The molecule has 0 unspecified atom stereocenters. The summed E-state index contributed by atoms with van der Waals surface area (Å²) in [7, 11) is 0. The van der Waals surface area contributed by atoms with Gasteiger partial charge in [-0.15, -0.1) is 0 Å². The van der Waals surface area contributed by atoms with Gasteiger partial charge in [0, 0.05) is 13.0 Å². The van der Waals surface area contributed by atoms with Gasteiger partial charge in [0.1, 0.15) is 6.04 Å². The van der Waals surface area contributed by atoms with Crippen molar-refractivity contribution >= 4 is 11.8 Å². The number of likely N-dealkylation sites (tertiary alicyclic amines) is 1. The maximum Gasteiger partial charge on any atom is 0.240 e. The van der Waals surface area contributed by atoms with E-state index in [1.807, 2.05) is 6.42 Å². The van der Waals surface area contributed by atoms with Gasteiger partial charge in [-0.1, -0.05) is 67.7 Å². The fourth-order valence-corrected chi connectivity index (χ4v) is 3.07. The van der Waals surface area contributed by atoms with Crippen LogP contribution < -0.4 is 5.73 Å². The molecule has 2 amide bonds. The van der Waals surface area contributed by atoms with Crippen molar-refractivity contribution in [1.29, 1.82) is 0 Å². The zero-order valence-electron chi connectivity index (χ0n) is 17.8. The van der Waals surface area contributed by atoms with Gasteiger partial charge in [0.15, 0.2) is 0 Å². The molecule has 1 saturated heterocycles. The Hall–Kier alpha value is -2.36. The Morgan fingerprint density at radius 1 is 0.897 bits per heavy atom. The quantitative estimate of drug-likeness (QED) is 0.323. The number of rotatable bonds is 14. The molecular weight excluding hydrogens is 360 g/mol. The molecule has 1 rings (SSSR count). The first-order chi connectivity index (χ1) is 14.2. The number of nitrogens with zero attached hydrogens (tertiary/aromatic N) is 1. The Morgan fingerprint density at radius 3 is 1.93 bits per heavy atom.